The third-order valence-corrected chi connectivity index (χ3v) is 3.41. The molecular weight excluding hydrogens is 210 g/mol. The molecular formula is C14H19N3. The third kappa shape index (κ3) is 2.36. The van der Waals surface area contributed by atoms with Crippen LogP contribution in [0.25, 0.3) is 0 Å². The molecule has 2 rings (SSSR count). The Morgan fingerprint density at radius 3 is 2.53 bits per heavy atom. The van der Waals surface area contributed by atoms with Crippen LogP contribution >= 0.6 is 0 Å². The summed E-state index contributed by atoms with van der Waals surface area (Å²) in [6, 6.07) is 7.84. The Labute approximate surface area is 103 Å². The predicted molar refractivity (Wildman–Crippen MR) is 70.7 cm³/mol. The average molecular weight is 229 g/mol. The van der Waals surface area contributed by atoms with E-state index in [1.54, 1.807) is 6.07 Å². The van der Waals surface area contributed by atoms with Gasteiger partial charge in [0, 0.05) is 13.1 Å². The van der Waals surface area contributed by atoms with Crippen LogP contribution in [0.3, 0.4) is 0 Å². The lowest BCUT2D eigenvalue weighted by Crippen LogP contribution is -2.39. The van der Waals surface area contributed by atoms with Gasteiger partial charge in [0.2, 0.25) is 0 Å². The summed E-state index contributed by atoms with van der Waals surface area (Å²) in [6.07, 6.45) is 1.27. The fourth-order valence-electron chi connectivity index (χ4n) is 2.79. The molecule has 1 fully saturated rings. The van der Waals surface area contributed by atoms with Crippen molar-refractivity contribution < 1.29 is 0 Å². The van der Waals surface area contributed by atoms with E-state index in [0.717, 1.165) is 18.8 Å². The molecule has 3 nitrogen and oxygen atoms in total. The molecule has 0 saturated carbocycles. The molecule has 1 aromatic rings. The molecule has 0 amide bonds. The van der Waals surface area contributed by atoms with Gasteiger partial charge in [-0.1, -0.05) is 19.9 Å². The molecule has 1 saturated heterocycles. The second kappa shape index (κ2) is 4.67. The van der Waals surface area contributed by atoms with E-state index in [4.69, 9.17) is 11.0 Å². The normalized spacial score (nSPS) is 24.4. The topological polar surface area (TPSA) is 53.0 Å². The van der Waals surface area contributed by atoms with E-state index < -0.39 is 0 Å². The smallest absolute Gasteiger partial charge is 0.101 e. The number of hydrogen-bond acceptors (Lipinski definition) is 3. The SMILES string of the molecule is CC1CC(C)CN(c2cccc(C#N)c2N)C1. The largest absolute Gasteiger partial charge is 0.396 e. The Kier molecular flexibility index (Phi) is 3.23. The van der Waals surface area contributed by atoms with Gasteiger partial charge in [-0.15, -0.1) is 0 Å². The number of rotatable bonds is 1. The number of anilines is 2. The first kappa shape index (κ1) is 11.8. The Hall–Kier alpha value is -1.69. The standard InChI is InChI=1S/C14H19N3/c1-10-6-11(2)9-17(8-10)13-5-3-4-12(7-15)14(13)16/h3-5,10-11H,6,8-9,16H2,1-2H3. The monoisotopic (exact) mass is 229 g/mol. The van der Waals surface area contributed by atoms with Crippen molar-refractivity contribution in [3.8, 4) is 6.07 Å². The molecule has 2 N–H and O–H groups in total. The van der Waals surface area contributed by atoms with Gasteiger partial charge < -0.3 is 10.6 Å². The Morgan fingerprint density at radius 1 is 1.29 bits per heavy atom. The van der Waals surface area contributed by atoms with Gasteiger partial charge in [-0.25, -0.2) is 0 Å². The lowest BCUT2D eigenvalue weighted by molar-refractivity contribution is 0.357. The number of nitriles is 1. The van der Waals surface area contributed by atoms with Crippen molar-refractivity contribution in [1.82, 2.24) is 0 Å². The molecule has 1 aromatic carbocycles. The zero-order valence-corrected chi connectivity index (χ0v) is 10.5. The lowest BCUT2D eigenvalue weighted by Gasteiger charge is -2.37. The van der Waals surface area contributed by atoms with Gasteiger partial charge in [-0.05, 0) is 30.4 Å². The minimum absolute atomic E-state index is 0.577. The summed E-state index contributed by atoms with van der Waals surface area (Å²) in [6.45, 7) is 6.60. The van der Waals surface area contributed by atoms with Gasteiger partial charge in [-0.2, -0.15) is 5.26 Å². The van der Waals surface area contributed by atoms with Gasteiger partial charge in [0.25, 0.3) is 0 Å². The number of benzene rings is 1. The molecule has 0 spiro atoms. The fourth-order valence-corrected chi connectivity index (χ4v) is 2.79. The molecule has 1 aliphatic heterocycles. The molecule has 2 atom stereocenters. The summed E-state index contributed by atoms with van der Waals surface area (Å²) >= 11 is 0. The summed E-state index contributed by atoms with van der Waals surface area (Å²) in [7, 11) is 0. The molecule has 1 heterocycles. The lowest BCUT2D eigenvalue weighted by atomic mass is 9.91. The number of nitrogens with zero attached hydrogens (tertiary/aromatic N) is 2. The number of piperidine rings is 1. The van der Waals surface area contributed by atoms with Crippen molar-refractivity contribution in [3.63, 3.8) is 0 Å². The summed E-state index contributed by atoms with van der Waals surface area (Å²) in [4.78, 5) is 2.31. The first-order valence-electron chi connectivity index (χ1n) is 6.15. The van der Waals surface area contributed by atoms with Crippen molar-refractivity contribution in [2.45, 2.75) is 20.3 Å². The summed E-state index contributed by atoms with van der Waals surface area (Å²) < 4.78 is 0. The van der Waals surface area contributed by atoms with Crippen molar-refractivity contribution >= 4 is 11.4 Å². The van der Waals surface area contributed by atoms with E-state index in [1.165, 1.54) is 6.42 Å². The molecule has 0 aromatic heterocycles. The molecule has 0 aliphatic carbocycles. The van der Waals surface area contributed by atoms with Gasteiger partial charge >= 0.3 is 0 Å². The van der Waals surface area contributed by atoms with E-state index in [9.17, 15) is 0 Å². The van der Waals surface area contributed by atoms with Crippen LogP contribution in [-0.4, -0.2) is 13.1 Å². The van der Waals surface area contributed by atoms with Crippen LogP contribution in [0.5, 0.6) is 0 Å². The van der Waals surface area contributed by atoms with Gasteiger partial charge in [-0.3, -0.25) is 0 Å². The molecule has 1 aliphatic rings. The van der Waals surface area contributed by atoms with Crippen LogP contribution in [0, 0.1) is 23.2 Å². The van der Waals surface area contributed by atoms with Crippen LogP contribution in [-0.2, 0) is 0 Å². The minimum Gasteiger partial charge on any atom is -0.396 e. The molecule has 2 unspecified atom stereocenters. The molecule has 0 bridgehead atoms. The van der Waals surface area contributed by atoms with Crippen molar-refractivity contribution in [3.05, 3.63) is 23.8 Å². The van der Waals surface area contributed by atoms with Crippen LogP contribution in [0.1, 0.15) is 25.8 Å². The van der Waals surface area contributed by atoms with Crippen LogP contribution in [0.2, 0.25) is 0 Å². The highest BCUT2D eigenvalue weighted by molar-refractivity contribution is 5.74. The average Bonchev–Trinajstić information content (AvgIpc) is 2.28. The van der Waals surface area contributed by atoms with Gasteiger partial charge in [0.05, 0.1) is 16.9 Å². The first-order valence-corrected chi connectivity index (χ1v) is 6.15. The van der Waals surface area contributed by atoms with Crippen molar-refractivity contribution in [1.29, 1.82) is 5.26 Å². The zero-order chi connectivity index (χ0) is 12.4. The van der Waals surface area contributed by atoms with Crippen molar-refractivity contribution in [2.75, 3.05) is 23.7 Å². The van der Waals surface area contributed by atoms with Crippen molar-refractivity contribution in [2.24, 2.45) is 11.8 Å². The maximum Gasteiger partial charge on any atom is 0.101 e. The Morgan fingerprint density at radius 2 is 1.94 bits per heavy atom. The summed E-state index contributed by atoms with van der Waals surface area (Å²) in [5.41, 5.74) is 8.27. The quantitative estimate of drug-likeness (QED) is 0.753. The third-order valence-electron chi connectivity index (χ3n) is 3.41. The van der Waals surface area contributed by atoms with E-state index in [0.29, 0.717) is 23.1 Å². The molecule has 3 heteroatoms. The molecule has 0 radical (unpaired) electrons. The van der Waals surface area contributed by atoms with Crippen LogP contribution in [0.4, 0.5) is 11.4 Å². The van der Waals surface area contributed by atoms with Crippen LogP contribution < -0.4 is 10.6 Å². The Balaban J connectivity index is 2.31. The second-order valence-electron chi connectivity index (χ2n) is 5.20. The maximum atomic E-state index is 9.00. The van der Waals surface area contributed by atoms with Gasteiger partial charge in [0.1, 0.15) is 6.07 Å². The van der Waals surface area contributed by atoms with Crippen LogP contribution in [0.15, 0.2) is 18.2 Å². The van der Waals surface area contributed by atoms with E-state index >= 15 is 0 Å². The fraction of sp³-hybridized carbons (Fsp3) is 0.500. The molecule has 17 heavy (non-hydrogen) atoms. The zero-order valence-electron chi connectivity index (χ0n) is 10.5. The highest BCUT2D eigenvalue weighted by Crippen LogP contribution is 2.31. The maximum absolute atomic E-state index is 9.00. The van der Waals surface area contributed by atoms with E-state index in [-0.39, 0.29) is 0 Å². The highest BCUT2D eigenvalue weighted by atomic mass is 15.1. The number of nitrogens with two attached hydrogens (primary N) is 1. The highest BCUT2D eigenvalue weighted by Gasteiger charge is 2.23. The van der Waals surface area contributed by atoms with Gasteiger partial charge in [0.15, 0.2) is 0 Å². The summed E-state index contributed by atoms with van der Waals surface area (Å²) in [5, 5.41) is 9.00. The predicted octanol–water partition coefficient (Wildman–Crippen LogP) is 2.62. The number of nitrogen functional groups attached to an aromatic ring is 1. The van der Waals surface area contributed by atoms with E-state index in [1.807, 2.05) is 12.1 Å². The second-order valence-corrected chi connectivity index (χ2v) is 5.20. The minimum atomic E-state index is 0.577. The molecule has 90 valence electrons. The first-order chi connectivity index (χ1) is 8.11. The summed E-state index contributed by atoms with van der Waals surface area (Å²) in [5.74, 6) is 1.37. The number of para-hydroxylation sites is 1. The Bertz CT molecular complexity index is 437. The van der Waals surface area contributed by atoms with E-state index in [2.05, 4.69) is 24.8 Å². The number of hydrogen-bond donors (Lipinski definition) is 1.